The van der Waals surface area contributed by atoms with Crippen LogP contribution < -0.4 is 9.64 Å². The van der Waals surface area contributed by atoms with Crippen molar-refractivity contribution in [3.63, 3.8) is 0 Å². The highest BCUT2D eigenvalue weighted by molar-refractivity contribution is 5.87. The van der Waals surface area contributed by atoms with Gasteiger partial charge in [-0.25, -0.2) is 19.4 Å². The topological polar surface area (TPSA) is 106 Å². The molecule has 0 unspecified atom stereocenters. The number of carbonyl (C=O) groups excluding carboxylic acids is 2. The summed E-state index contributed by atoms with van der Waals surface area (Å²) in [6, 6.07) is 8.04. The summed E-state index contributed by atoms with van der Waals surface area (Å²) in [7, 11) is 1.79. The quantitative estimate of drug-likeness (QED) is 0.375. The van der Waals surface area contributed by atoms with Gasteiger partial charge in [-0.05, 0) is 77.0 Å². The third-order valence-corrected chi connectivity index (χ3v) is 8.28. The Kier molecular flexibility index (Phi) is 9.37. The molecular weight excluding hydrogens is 546 g/mol. The van der Waals surface area contributed by atoms with Crippen molar-refractivity contribution in [1.29, 1.82) is 0 Å². The normalized spacial score (nSPS) is 19.4. The molecule has 43 heavy (non-hydrogen) atoms. The fourth-order valence-corrected chi connectivity index (χ4v) is 6.11. The molecule has 11 heteroatoms. The van der Waals surface area contributed by atoms with Crippen LogP contribution in [-0.2, 0) is 16.1 Å². The maximum absolute atomic E-state index is 13.4. The minimum Gasteiger partial charge on any atom is -0.494 e. The lowest BCUT2D eigenvalue weighted by Crippen LogP contribution is -2.51. The van der Waals surface area contributed by atoms with Gasteiger partial charge in [0, 0.05) is 45.7 Å². The number of carbonyl (C=O) groups is 2. The molecule has 3 aromatic rings. The van der Waals surface area contributed by atoms with E-state index < -0.39 is 5.60 Å². The summed E-state index contributed by atoms with van der Waals surface area (Å²) in [5.74, 6) is 2.42. The molecule has 0 atom stereocenters. The minimum absolute atomic E-state index is 0.0554. The molecule has 5 rings (SSSR count). The van der Waals surface area contributed by atoms with E-state index in [0.29, 0.717) is 38.7 Å². The number of piperazine rings is 1. The predicted molar refractivity (Wildman–Crippen MR) is 165 cm³/mol. The van der Waals surface area contributed by atoms with Crippen molar-refractivity contribution in [2.75, 3.05) is 51.3 Å². The molecule has 3 heterocycles. The number of hydrogen-bond donors (Lipinski definition) is 0. The van der Waals surface area contributed by atoms with Crippen molar-refractivity contribution < 1.29 is 19.1 Å². The van der Waals surface area contributed by atoms with Crippen LogP contribution in [0, 0.1) is 11.8 Å². The second-order valence-corrected chi connectivity index (χ2v) is 12.7. The summed E-state index contributed by atoms with van der Waals surface area (Å²) in [6.45, 7) is 12.3. The number of amides is 2. The predicted octanol–water partition coefficient (Wildman–Crippen LogP) is 4.60. The molecule has 1 aromatic carbocycles. The average Bonchev–Trinajstić information content (AvgIpc) is 3.39. The number of rotatable bonds is 8. The van der Waals surface area contributed by atoms with E-state index in [1.54, 1.807) is 18.3 Å². The molecule has 1 aliphatic heterocycles. The van der Waals surface area contributed by atoms with Crippen LogP contribution in [0.1, 0.15) is 58.9 Å². The molecule has 2 aliphatic rings. The Bertz CT molecular complexity index is 1400. The molecule has 0 spiro atoms. The first kappa shape index (κ1) is 30.6. The number of hydrogen-bond acceptors (Lipinski definition) is 8. The van der Waals surface area contributed by atoms with E-state index in [2.05, 4.69) is 26.0 Å². The van der Waals surface area contributed by atoms with Crippen LogP contribution in [0.25, 0.3) is 11.0 Å². The molecule has 1 aliphatic carbocycles. The van der Waals surface area contributed by atoms with Crippen molar-refractivity contribution in [2.45, 2.75) is 65.5 Å². The molecule has 1 saturated heterocycles. The third-order valence-electron chi connectivity index (χ3n) is 8.28. The van der Waals surface area contributed by atoms with Gasteiger partial charge >= 0.3 is 6.09 Å². The zero-order chi connectivity index (χ0) is 30.6. The summed E-state index contributed by atoms with van der Waals surface area (Å²) < 4.78 is 13.0. The zero-order valence-electron chi connectivity index (χ0n) is 26.2. The van der Waals surface area contributed by atoms with Gasteiger partial charge in [0.15, 0.2) is 5.65 Å². The third kappa shape index (κ3) is 7.55. The van der Waals surface area contributed by atoms with Crippen molar-refractivity contribution in [3.8, 4) is 5.75 Å². The first-order chi connectivity index (χ1) is 20.6. The smallest absolute Gasteiger partial charge is 0.410 e. The summed E-state index contributed by atoms with van der Waals surface area (Å²) in [5.41, 5.74) is 1.38. The maximum Gasteiger partial charge on any atom is 0.410 e. The lowest BCUT2D eigenvalue weighted by Gasteiger charge is -2.38. The highest BCUT2D eigenvalue weighted by Crippen LogP contribution is 2.32. The van der Waals surface area contributed by atoms with E-state index in [-0.39, 0.29) is 17.9 Å². The fourth-order valence-electron chi connectivity index (χ4n) is 6.11. The van der Waals surface area contributed by atoms with Crippen LogP contribution in [-0.4, -0.2) is 93.5 Å². The Labute approximate surface area is 254 Å². The van der Waals surface area contributed by atoms with Crippen molar-refractivity contribution in [3.05, 3.63) is 42.4 Å². The second kappa shape index (κ2) is 13.2. The molecule has 0 N–H and O–H groups in total. The van der Waals surface area contributed by atoms with Crippen molar-refractivity contribution in [2.24, 2.45) is 11.8 Å². The van der Waals surface area contributed by atoms with Crippen LogP contribution in [0.5, 0.6) is 5.75 Å². The van der Waals surface area contributed by atoms with Gasteiger partial charge in [-0.15, -0.1) is 0 Å². The Morgan fingerprint density at radius 1 is 1.05 bits per heavy atom. The monoisotopic (exact) mass is 591 g/mol. The Hall–Kier alpha value is -3.89. The van der Waals surface area contributed by atoms with Crippen LogP contribution >= 0.6 is 0 Å². The molecule has 2 aromatic heterocycles. The first-order valence-corrected chi connectivity index (χ1v) is 15.5. The molecule has 2 fully saturated rings. The summed E-state index contributed by atoms with van der Waals surface area (Å²) >= 11 is 0. The number of anilines is 1. The van der Waals surface area contributed by atoms with Gasteiger partial charge < -0.3 is 24.2 Å². The van der Waals surface area contributed by atoms with Gasteiger partial charge in [-0.3, -0.25) is 4.79 Å². The van der Waals surface area contributed by atoms with E-state index in [1.165, 1.54) is 0 Å². The van der Waals surface area contributed by atoms with Crippen molar-refractivity contribution in [1.82, 2.24) is 29.5 Å². The van der Waals surface area contributed by atoms with E-state index in [9.17, 15) is 9.59 Å². The Morgan fingerprint density at radius 2 is 1.79 bits per heavy atom. The van der Waals surface area contributed by atoms with E-state index >= 15 is 0 Å². The van der Waals surface area contributed by atoms with Gasteiger partial charge in [0.1, 0.15) is 23.5 Å². The lowest BCUT2D eigenvalue weighted by atomic mass is 9.81. The second-order valence-electron chi connectivity index (χ2n) is 12.7. The van der Waals surface area contributed by atoms with Gasteiger partial charge in [0.2, 0.25) is 5.91 Å². The van der Waals surface area contributed by atoms with Gasteiger partial charge in [0.05, 0.1) is 24.7 Å². The van der Waals surface area contributed by atoms with E-state index in [1.807, 2.05) is 61.7 Å². The van der Waals surface area contributed by atoms with E-state index in [4.69, 9.17) is 9.47 Å². The molecule has 11 nitrogen and oxygen atoms in total. The molecule has 232 valence electrons. The van der Waals surface area contributed by atoms with Gasteiger partial charge in [0.25, 0.3) is 0 Å². The zero-order valence-corrected chi connectivity index (χ0v) is 26.2. The number of nitrogens with zero attached hydrogens (tertiary/aromatic N) is 7. The van der Waals surface area contributed by atoms with Crippen LogP contribution in [0.4, 0.5) is 10.6 Å². The van der Waals surface area contributed by atoms with Crippen LogP contribution in [0.3, 0.4) is 0 Å². The Morgan fingerprint density at radius 3 is 2.49 bits per heavy atom. The lowest BCUT2D eigenvalue weighted by molar-refractivity contribution is -0.137. The first-order valence-electron chi connectivity index (χ1n) is 15.5. The highest BCUT2D eigenvalue weighted by Gasteiger charge is 2.33. The number of aromatic nitrogens is 4. The molecule has 1 saturated carbocycles. The largest absolute Gasteiger partial charge is 0.494 e. The molecular formula is C32H45N7O4. The Balaban J connectivity index is 1.13. The highest BCUT2D eigenvalue weighted by atomic mass is 16.6. The molecule has 0 radical (unpaired) electrons. The number of fused-ring (bicyclic) bond motifs is 1. The standard InChI is InChI=1S/C32H45N7O4/c1-6-42-26-9-7-8-24(18-26)21-39-29-27(19-35-39)28(33-22-34-29)37-14-16-38(17-15-37)30(40)25-12-10-23(11-13-25)20-36(5)31(41)43-32(2,3)4/h7-9,18-19,22-23,25H,6,10-17,20-21H2,1-5H3. The summed E-state index contributed by atoms with van der Waals surface area (Å²) in [5, 5.41) is 5.54. The van der Waals surface area contributed by atoms with Crippen molar-refractivity contribution >= 4 is 28.9 Å². The van der Waals surface area contributed by atoms with Crippen LogP contribution in [0.2, 0.25) is 0 Å². The summed E-state index contributed by atoms with van der Waals surface area (Å²) in [6.07, 6.45) is 6.78. The molecule has 0 bridgehead atoms. The number of ether oxygens (including phenoxy) is 2. The summed E-state index contributed by atoms with van der Waals surface area (Å²) in [4.78, 5) is 40.8. The maximum atomic E-state index is 13.4. The minimum atomic E-state index is -0.502. The van der Waals surface area contributed by atoms with E-state index in [0.717, 1.165) is 66.9 Å². The SMILES string of the molecule is CCOc1cccc(Cn2ncc3c(N4CCN(C(=O)C5CCC(CN(C)C(=O)OC(C)(C)C)CC5)CC4)ncnc32)c1. The number of benzene rings is 1. The average molecular weight is 592 g/mol. The van der Waals surface area contributed by atoms with Gasteiger partial charge in [-0.1, -0.05) is 12.1 Å². The molecule has 2 amide bonds. The van der Waals surface area contributed by atoms with Gasteiger partial charge in [-0.2, -0.15) is 5.10 Å². The van der Waals surface area contributed by atoms with Crippen LogP contribution in [0.15, 0.2) is 36.8 Å². The fraction of sp³-hybridized carbons (Fsp3) is 0.594.